The van der Waals surface area contributed by atoms with Gasteiger partial charge in [0.1, 0.15) is 0 Å². The van der Waals surface area contributed by atoms with Crippen molar-refractivity contribution in [2.45, 2.75) is 51.2 Å². The Hall–Kier alpha value is -1.18. The highest BCUT2D eigenvalue weighted by atomic mass is 35.5. The van der Waals surface area contributed by atoms with Crippen molar-refractivity contribution in [2.24, 2.45) is 5.92 Å². The second-order valence-corrected chi connectivity index (χ2v) is 7.34. The number of nitrogens with one attached hydrogen (secondary N) is 2. The van der Waals surface area contributed by atoms with Gasteiger partial charge >= 0.3 is 6.18 Å². The zero-order valence-corrected chi connectivity index (χ0v) is 17.5. The normalized spacial score (nSPS) is 22.6. The number of amides is 1. The summed E-state index contributed by atoms with van der Waals surface area (Å²) < 4.78 is 39.5. The van der Waals surface area contributed by atoms with Crippen molar-refractivity contribution in [3.63, 3.8) is 0 Å². The first kappa shape index (κ1) is 24.9. The van der Waals surface area contributed by atoms with Gasteiger partial charge in [-0.25, -0.2) is 0 Å². The van der Waals surface area contributed by atoms with Crippen LogP contribution in [0.15, 0.2) is 18.2 Å². The third kappa shape index (κ3) is 6.16. The number of rotatable bonds is 3. The fourth-order valence-electron chi connectivity index (χ4n) is 3.83. The van der Waals surface area contributed by atoms with E-state index in [4.69, 9.17) is 0 Å². The third-order valence-corrected chi connectivity index (χ3v) is 5.27. The van der Waals surface area contributed by atoms with Crippen molar-refractivity contribution in [1.82, 2.24) is 5.32 Å². The molecule has 0 aromatic heterocycles. The van der Waals surface area contributed by atoms with Gasteiger partial charge in [0.25, 0.3) is 0 Å². The number of carbonyl (C=O) groups is 1. The molecular formula is C19H28Cl2F3N3O. The van der Waals surface area contributed by atoms with Gasteiger partial charge in [0.05, 0.1) is 16.9 Å². The summed E-state index contributed by atoms with van der Waals surface area (Å²) in [5.74, 6) is -0.356. The second kappa shape index (κ2) is 10.6. The van der Waals surface area contributed by atoms with E-state index in [1.165, 1.54) is 6.07 Å². The molecular weight excluding hydrogens is 414 g/mol. The van der Waals surface area contributed by atoms with Gasteiger partial charge in [0.2, 0.25) is 5.91 Å². The van der Waals surface area contributed by atoms with Crippen molar-refractivity contribution in [3.05, 3.63) is 23.8 Å². The number of alkyl halides is 3. The molecule has 4 nitrogen and oxygen atoms in total. The molecule has 2 heterocycles. The minimum atomic E-state index is -4.43. The second-order valence-electron chi connectivity index (χ2n) is 7.34. The Bertz CT molecular complexity index is 652. The predicted octanol–water partition coefficient (Wildman–Crippen LogP) is 4.87. The van der Waals surface area contributed by atoms with Crippen LogP contribution < -0.4 is 15.5 Å². The Morgan fingerprint density at radius 3 is 2.46 bits per heavy atom. The zero-order chi connectivity index (χ0) is 18.7. The van der Waals surface area contributed by atoms with E-state index >= 15 is 0 Å². The maximum absolute atomic E-state index is 13.2. The van der Waals surface area contributed by atoms with Gasteiger partial charge in [-0.15, -0.1) is 24.8 Å². The topological polar surface area (TPSA) is 44.4 Å². The maximum Gasteiger partial charge on any atom is 0.416 e. The summed E-state index contributed by atoms with van der Waals surface area (Å²) in [7, 11) is 0. The largest absolute Gasteiger partial charge is 0.416 e. The molecule has 2 aliphatic heterocycles. The number of piperidine rings is 2. The predicted molar refractivity (Wildman–Crippen MR) is 111 cm³/mol. The van der Waals surface area contributed by atoms with Crippen LogP contribution in [-0.4, -0.2) is 31.6 Å². The molecule has 0 radical (unpaired) electrons. The monoisotopic (exact) mass is 441 g/mol. The van der Waals surface area contributed by atoms with E-state index in [1.807, 2.05) is 6.92 Å². The Balaban J connectivity index is 0.00000196. The first-order valence-electron chi connectivity index (χ1n) is 9.35. The standard InChI is InChI=1S/C19H26F3N3O.2ClH/c1-13-11-14(7-8-23-13)18(26)24-16-12-15(19(20,21)22)5-6-17(16)25-9-3-2-4-10-25;;/h5-6,12-14,23H,2-4,7-11H2,1H3,(H,24,26);2*1H/t13-,14-;;/m0../s1. The molecule has 0 bridgehead atoms. The van der Waals surface area contributed by atoms with Crippen molar-refractivity contribution in [2.75, 3.05) is 29.9 Å². The molecule has 0 spiro atoms. The summed E-state index contributed by atoms with van der Waals surface area (Å²) in [4.78, 5) is 14.7. The molecule has 0 aliphatic carbocycles. The van der Waals surface area contributed by atoms with Crippen LogP contribution in [0, 0.1) is 5.92 Å². The molecule has 2 fully saturated rings. The summed E-state index contributed by atoms with van der Waals surface area (Å²) >= 11 is 0. The molecule has 1 aromatic rings. The molecule has 1 aromatic carbocycles. The van der Waals surface area contributed by atoms with Crippen LogP contribution in [0.4, 0.5) is 24.5 Å². The maximum atomic E-state index is 13.2. The van der Waals surface area contributed by atoms with Gasteiger partial charge in [0, 0.05) is 25.0 Å². The van der Waals surface area contributed by atoms with Crippen LogP contribution in [0.5, 0.6) is 0 Å². The molecule has 3 rings (SSSR count). The van der Waals surface area contributed by atoms with Crippen LogP contribution in [-0.2, 0) is 11.0 Å². The van der Waals surface area contributed by atoms with Crippen LogP contribution in [0.2, 0.25) is 0 Å². The lowest BCUT2D eigenvalue weighted by molar-refractivity contribution is -0.137. The van der Waals surface area contributed by atoms with E-state index in [0.29, 0.717) is 18.5 Å². The molecule has 28 heavy (non-hydrogen) atoms. The summed E-state index contributed by atoms with van der Waals surface area (Å²) in [6.07, 6.45) is 0.132. The van der Waals surface area contributed by atoms with E-state index in [9.17, 15) is 18.0 Å². The van der Waals surface area contributed by atoms with Gasteiger partial charge in [-0.2, -0.15) is 13.2 Å². The average Bonchev–Trinajstić information content (AvgIpc) is 2.61. The first-order valence-corrected chi connectivity index (χ1v) is 9.35. The van der Waals surface area contributed by atoms with E-state index in [2.05, 4.69) is 15.5 Å². The highest BCUT2D eigenvalue weighted by Gasteiger charge is 2.32. The van der Waals surface area contributed by atoms with Crippen molar-refractivity contribution in [1.29, 1.82) is 0 Å². The molecule has 2 aliphatic rings. The smallest absolute Gasteiger partial charge is 0.370 e. The summed E-state index contributed by atoms with van der Waals surface area (Å²) in [5, 5.41) is 6.09. The number of halogens is 5. The van der Waals surface area contributed by atoms with Crippen LogP contribution in [0.25, 0.3) is 0 Å². The van der Waals surface area contributed by atoms with Crippen LogP contribution in [0.1, 0.15) is 44.6 Å². The molecule has 1 amide bonds. The Kier molecular flexibility index (Phi) is 9.37. The van der Waals surface area contributed by atoms with Crippen LogP contribution >= 0.6 is 24.8 Å². The molecule has 2 atom stereocenters. The molecule has 0 saturated carbocycles. The fraction of sp³-hybridized carbons (Fsp3) is 0.632. The van der Waals surface area contributed by atoms with E-state index in [-0.39, 0.29) is 48.4 Å². The Morgan fingerprint density at radius 2 is 1.86 bits per heavy atom. The van der Waals surface area contributed by atoms with Gasteiger partial charge in [-0.05, 0) is 63.8 Å². The van der Waals surface area contributed by atoms with Crippen molar-refractivity contribution >= 4 is 42.1 Å². The lowest BCUT2D eigenvalue weighted by Gasteiger charge is -2.32. The quantitative estimate of drug-likeness (QED) is 0.703. The zero-order valence-electron chi connectivity index (χ0n) is 15.8. The molecule has 2 N–H and O–H groups in total. The SMILES string of the molecule is C[C@H]1C[C@@H](C(=O)Nc2cc(C(F)(F)F)ccc2N2CCCCC2)CCN1.Cl.Cl. The number of hydrogen-bond donors (Lipinski definition) is 2. The van der Waals surface area contributed by atoms with Crippen molar-refractivity contribution in [3.8, 4) is 0 Å². The minimum Gasteiger partial charge on any atom is -0.370 e. The highest BCUT2D eigenvalue weighted by molar-refractivity contribution is 5.96. The molecule has 2 saturated heterocycles. The molecule has 0 unspecified atom stereocenters. The number of nitrogens with zero attached hydrogens (tertiary/aromatic N) is 1. The van der Waals surface area contributed by atoms with Crippen LogP contribution in [0.3, 0.4) is 0 Å². The average molecular weight is 442 g/mol. The fourth-order valence-corrected chi connectivity index (χ4v) is 3.83. The summed E-state index contributed by atoms with van der Waals surface area (Å²) in [6.45, 7) is 4.38. The number of carbonyl (C=O) groups excluding carboxylic acids is 1. The van der Waals surface area contributed by atoms with E-state index in [1.54, 1.807) is 0 Å². The summed E-state index contributed by atoms with van der Waals surface area (Å²) in [5.41, 5.74) is 0.234. The molecule has 160 valence electrons. The molecule has 9 heteroatoms. The minimum absolute atomic E-state index is 0. The number of anilines is 2. The highest BCUT2D eigenvalue weighted by Crippen LogP contribution is 2.36. The first-order chi connectivity index (χ1) is 12.3. The van der Waals surface area contributed by atoms with Crippen molar-refractivity contribution < 1.29 is 18.0 Å². The van der Waals surface area contributed by atoms with Gasteiger partial charge < -0.3 is 15.5 Å². The van der Waals surface area contributed by atoms with Gasteiger partial charge in [-0.1, -0.05) is 0 Å². The third-order valence-electron chi connectivity index (χ3n) is 5.27. The number of hydrogen-bond acceptors (Lipinski definition) is 3. The van der Waals surface area contributed by atoms with Gasteiger partial charge in [-0.3, -0.25) is 4.79 Å². The Labute approximate surface area is 176 Å². The number of benzene rings is 1. The lowest BCUT2D eigenvalue weighted by atomic mass is 9.92. The lowest BCUT2D eigenvalue weighted by Crippen LogP contribution is -2.40. The van der Waals surface area contributed by atoms with Gasteiger partial charge in [0.15, 0.2) is 0 Å². The van der Waals surface area contributed by atoms with E-state index in [0.717, 1.165) is 51.0 Å². The van der Waals surface area contributed by atoms with E-state index < -0.39 is 11.7 Å². The Morgan fingerprint density at radius 1 is 1.18 bits per heavy atom. The summed E-state index contributed by atoms with van der Waals surface area (Å²) in [6, 6.07) is 3.91.